The van der Waals surface area contributed by atoms with Gasteiger partial charge in [-0.15, -0.1) is 0 Å². The number of hydrogen-bond acceptors (Lipinski definition) is 5. The molecule has 0 radical (unpaired) electrons. The molecular formula is C25H35NO6. The standard InChI is InChI=1S/C25H35NO6/c1-14(2)25(32,24(30)31)13-19-22(28)21(23(29)26(19)4)20(27)12-11-17-15(3)9-10-16-7-5-6-8-18(16)17/h9-12,14-19,27,32H,5-8,13H2,1-4H3,(H,30,31)/b12-11+,21-20-/t15-,16+,17-,18-,19-,25+/m0/s1. The zero-order valence-corrected chi connectivity index (χ0v) is 19.3. The molecule has 0 aromatic carbocycles. The summed E-state index contributed by atoms with van der Waals surface area (Å²) in [4.78, 5) is 38.5. The van der Waals surface area contributed by atoms with E-state index in [-0.39, 0.29) is 11.5 Å². The predicted molar refractivity (Wildman–Crippen MR) is 120 cm³/mol. The molecule has 0 bridgehead atoms. The van der Waals surface area contributed by atoms with Crippen LogP contribution in [0.3, 0.4) is 0 Å². The summed E-state index contributed by atoms with van der Waals surface area (Å²) in [6, 6.07) is -1.14. The van der Waals surface area contributed by atoms with Gasteiger partial charge in [-0.25, -0.2) is 4.79 Å². The average molecular weight is 446 g/mol. The third-order valence-electron chi connectivity index (χ3n) is 7.75. The quantitative estimate of drug-likeness (QED) is 0.250. The summed E-state index contributed by atoms with van der Waals surface area (Å²) in [5.41, 5.74) is -2.50. The molecule has 1 saturated carbocycles. The normalized spacial score (nSPS) is 34.2. The van der Waals surface area contributed by atoms with Crippen LogP contribution < -0.4 is 0 Å². The third-order valence-corrected chi connectivity index (χ3v) is 7.75. The van der Waals surface area contributed by atoms with Gasteiger partial charge < -0.3 is 20.2 Å². The second-order valence-electron chi connectivity index (χ2n) is 9.94. The van der Waals surface area contributed by atoms with E-state index in [2.05, 4.69) is 19.1 Å². The first-order valence-electron chi connectivity index (χ1n) is 11.6. The molecule has 6 atom stereocenters. The van der Waals surface area contributed by atoms with Gasteiger partial charge in [0.1, 0.15) is 11.3 Å². The van der Waals surface area contributed by atoms with E-state index in [9.17, 15) is 29.7 Å². The number of carbonyl (C=O) groups excluding carboxylic acids is 2. The van der Waals surface area contributed by atoms with Crippen LogP contribution in [0.2, 0.25) is 0 Å². The largest absolute Gasteiger partial charge is 0.507 e. The van der Waals surface area contributed by atoms with Crippen LogP contribution in [0, 0.1) is 29.6 Å². The number of allylic oxidation sites excluding steroid dienone is 4. The second kappa shape index (κ2) is 9.22. The van der Waals surface area contributed by atoms with Gasteiger partial charge in [0.15, 0.2) is 11.4 Å². The molecule has 0 spiro atoms. The molecule has 3 N–H and O–H groups in total. The van der Waals surface area contributed by atoms with Crippen LogP contribution in [-0.4, -0.2) is 56.6 Å². The fourth-order valence-electron chi connectivity index (χ4n) is 5.44. The van der Waals surface area contributed by atoms with Crippen LogP contribution in [0.1, 0.15) is 52.9 Å². The highest BCUT2D eigenvalue weighted by molar-refractivity contribution is 6.27. The molecule has 1 saturated heterocycles. The summed E-state index contributed by atoms with van der Waals surface area (Å²) in [5.74, 6) is -2.30. The van der Waals surface area contributed by atoms with Crippen molar-refractivity contribution < 1.29 is 29.7 Å². The van der Waals surface area contributed by atoms with Crippen LogP contribution in [0.5, 0.6) is 0 Å². The molecule has 176 valence electrons. The van der Waals surface area contributed by atoms with E-state index < -0.39 is 47.4 Å². The number of carbonyl (C=O) groups is 3. The third kappa shape index (κ3) is 4.27. The van der Waals surface area contributed by atoms with Gasteiger partial charge in [-0.05, 0) is 48.5 Å². The Morgan fingerprint density at radius 1 is 1.22 bits per heavy atom. The van der Waals surface area contributed by atoms with E-state index in [0.717, 1.165) is 17.7 Å². The van der Waals surface area contributed by atoms with Crippen molar-refractivity contribution in [2.75, 3.05) is 7.05 Å². The Labute approximate surface area is 189 Å². The van der Waals surface area contributed by atoms with Crippen molar-refractivity contribution in [3.63, 3.8) is 0 Å². The topological polar surface area (TPSA) is 115 Å². The lowest BCUT2D eigenvalue weighted by molar-refractivity contribution is -0.166. The Kier molecular flexibility index (Phi) is 6.98. The van der Waals surface area contributed by atoms with Crippen molar-refractivity contribution in [1.29, 1.82) is 0 Å². The number of Topliss-reactive ketones (excluding diaryl/α,β-unsaturated/α-hetero) is 1. The highest BCUT2D eigenvalue weighted by Crippen LogP contribution is 2.43. The van der Waals surface area contributed by atoms with Crippen LogP contribution in [-0.2, 0) is 14.4 Å². The molecule has 0 aromatic rings. The van der Waals surface area contributed by atoms with E-state index >= 15 is 0 Å². The summed E-state index contributed by atoms with van der Waals surface area (Å²) in [6.45, 7) is 5.23. The summed E-state index contributed by atoms with van der Waals surface area (Å²) in [7, 11) is 1.39. The molecule has 1 heterocycles. The van der Waals surface area contributed by atoms with E-state index in [1.165, 1.54) is 26.0 Å². The minimum atomic E-state index is -2.16. The van der Waals surface area contributed by atoms with Gasteiger partial charge in [-0.2, -0.15) is 0 Å². The number of likely N-dealkylation sites (N-methyl/N-ethyl adjacent to an activating group) is 1. The zero-order chi connectivity index (χ0) is 23.8. The van der Waals surface area contributed by atoms with Gasteiger partial charge >= 0.3 is 5.97 Å². The van der Waals surface area contributed by atoms with E-state index in [4.69, 9.17) is 0 Å². The molecule has 2 fully saturated rings. The predicted octanol–water partition coefficient (Wildman–Crippen LogP) is 3.25. The van der Waals surface area contributed by atoms with E-state index in [0.29, 0.717) is 17.8 Å². The number of amides is 1. The number of nitrogens with zero attached hydrogens (tertiary/aromatic N) is 1. The number of likely N-dealkylation sites (tertiary alicyclic amines) is 1. The van der Waals surface area contributed by atoms with Crippen molar-refractivity contribution in [3.05, 3.63) is 35.6 Å². The van der Waals surface area contributed by atoms with Crippen LogP contribution >= 0.6 is 0 Å². The van der Waals surface area contributed by atoms with Gasteiger partial charge in [0.2, 0.25) is 0 Å². The van der Waals surface area contributed by atoms with Gasteiger partial charge in [-0.3, -0.25) is 9.59 Å². The molecule has 3 aliphatic rings. The highest BCUT2D eigenvalue weighted by atomic mass is 16.4. The van der Waals surface area contributed by atoms with Gasteiger partial charge in [0.05, 0.1) is 6.04 Å². The maximum absolute atomic E-state index is 13.0. The van der Waals surface area contributed by atoms with Crippen molar-refractivity contribution in [3.8, 4) is 0 Å². The summed E-state index contributed by atoms with van der Waals surface area (Å²) >= 11 is 0. The van der Waals surface area contributed by atoms with Crippen LogP contribution in [0.15, 0.2) is 35.6 Å². The lowest BCUT2D eigenvalue weighted by Gasteiger charge is -2.40. The number of fused-ring (bicyclic) bond motifs is 1. The second-order valence-corrected chi connectivity index (χ2v) is 9.94. The van der Waals surface area contributed by atoms with Crippen molar-refractivity contribution >= 4 is 17.7 Å². The van der Waals surface area contributed by atoms with E-state index in [1.54, 1.807) is 13.8 Å². The maximum Gasteiger partial charge on any atom is 0.336 e. The number of rotatable bonds is 6. The fraction of sp³-hybridized carbons (Fsp3) is 0.640. The highest BCUT2D eigenvalue weighted by Gasteiger charge is 2.50. The molecule has 0 aromatic heterocycles. The minimum Gasteiger partial charge on any atom is -0.507 e. The SMILES string of the molecule is CC(C)[C@](O)(C[C@H]1C(=O)/C(=C(O)\C=C\[C@@H]2[C@H]3CCCC[C@@H]3C=C[C@@H]2C)C(=O)N1C)C(=O)O. The first kappa shape index (κ1) is 24.2. The number of aliphatic hydroxyl groups is 2. The Hall–Kier alpha value is -2.41. The number of hydrogen-bond donors (Lipinski definition) is 3. The lowest BCUT2D eigenvalue weighted by Crippen LogP contribution is -2.49. The van der Waals surface area contributed by atoms with Crippen molar-refractivity contribution in [1.82, 2.24) is 4.90 Å². The molecule has 1 aliphatic heterocycles. The summed E-state index contributed by atoms with van der Waals surface area (Å²) in [6.07, 6.45) is 12.1. The van der Waals surface area contributed by atoms with Gasteiger partial charge in [0, 0.05) is 13.5 Å². The first-order chi connectivity index (χ1) is 15.0. The number of carboxylic acids is 1. The molecule has 3 rings (SSSR count). The Balaban J connectivity index is 1.85. The summed E-state index contributed by atoms with van der Waals surface area (Å²) < 4.78 is 0. The zero-order valence-electron chi connectivity index (χ0n) is 19.3. The number of ketones is 1. The molecular weight excluding hydrogens is 410 g/mol. The monoisotopic (exact) mass is 445 g/mol. The molecule has 2 aliphatic carbocycles. The summed E-state index contributed by atoms with van der Waals surface area (Å²) in [5, 5.41) is 30.8. The molecule has 1 amide bonds. The van der Waals surface area contributed by atoms with E-state index in [1.807, 2.05) is 6.08 Å². The lowest BCUT2D eigenvalue weighted by atomic mass is 9.65. The van der Waals surface area contributed by atoms with Crippen LogP contribution in [0.25, 0.3) is 0 Å². The van der Waals surface area contributed by atoms with Gasteiger partial charge in [0.25, 0.3) is 5.91 Å². The average Bonchev–Trinajstić information content (AvgIpc) is 2.95. The van der Waals surface area contributed by atoms with Crippen molar-refractivity contribution in [2.24, 2.45) is 29.6 Å². The number of aliphatic carboxylic acids is 1. The molecule has 0 unspecified atom stereocenters. The number of aliphatic hydroxyl groups excluding tert-OH is 1. The molecule has 7 heteroatoms. The first-order valence-corrected chi connectivity index (χ1v) is 11.6. The molecule has 7 nitrogen and oxygen atoms in total. The molecule has 32 heavy (non-hydrogen) atoms. The minimum absolute atomic E-state index is 0.214. The Bertz CT molecular complexity index is 872. The maximum atomic E-state index is 13.0. The fourth-order valence-corrected chi connectivity index (χ4v) is 5.44. The van der Waals surface area contributed by atoms with Gasteiger partial charge in [-0.1, -0.05) is 51.8 Å². The number of carboxylic acid groups (broad SMARTS) is 1. The van der Waals surface area contributed by atoms with Crippen LogP contribution in [0.4, 0.5) is 0 Å². The Morgan fingerprint density at radius 3 is 2.50 bits per heavy atom. The smallest absolute Gasteiger partial charge is 0.336 e. The van der Waals surface area contributed by atoms with Crippen molar-refractivity contribution in [2.45, 2.75) is 64.5 Å². The Morgan fingerprint density at radius 2 is 1.88 bits per heavy atom.